The van der Waals surface area contributed by atoms with Crippen LogP contribution in [0.25, 0.3) is 0 Å². The molecule has 0 spiro atoms. The van der Waals surface area contributed by atoms with Crippen molar-refractivity contribution < 1.29 is 4.74 Å². The Hall–Kier alpha value is -1.40. The molecule has 0 bridgehead atoms. The van der Waals surface area contributed by atoms with Crippen LogP contribution in [0.1, 0.15) is 18.4 Å². The lowest BCUT2D eigenvalue weighted by Gasteiger charge is -2.13. The molecule has 6 nitrogen and oxygen atoms in total. The van der Waals surface area contributed by atoms with E-state index in [1.165, 1.54) is 0 Å². The van der Waals surface area contributed by atoms with E-state index in [1.807, 2.05) is 6.92 Å². The van der Waals surface area contributed by atoms with Gasteiger partial charge in [-0.1, -0.05) is 0 Å². The second-order valence-corrected chi connectivity index (χ2v) is 3.89. The molecule has 1 fully saturated rings. The van der Waals surface area contributed by atoms with Crippen molar-refractivity contribution in [3.05, 3.63) is 11.8 Å². The number of nitrogen functional groups attached to an aromatic ring is 1. The van der Waals surface area contributed by atoms with Gasteiger partial charge >= 0.3 is 0 Å². The summed E-state index contributed by atoms with van der Waals surface area (Å²) in [4.78, 5) is 8.26. The topological polar surface area (TPSA) is 85.1 Å². The highest BCUT2D eigenvalue weighted by atomic mass is 16.5. The molecule has 0 radical (unpaired) electrons. The molecule has 1 saturated heterocycles. The first-order valence-corrected chi connectivity index (χ1v) is 5.45. The van der Waals surface area contributed by atoms with Crippen LogP contribution >= 0.6 is 0 Å². The largest absolute Gasteiger partial charge is 0.376 e. The Kier molecular flexibility index (Phi) is 3.53. The fraction of sp³-hybridized carbons (Fsp3) is 0.600. The van der Waals surface area contributed by atoms with Crippen LogP contribution in [0, 0.1) is 6.92 Å². The molecule has 1 aliphatic rings. The molecule has 2 heterocycles. The Morgan fingerprint density at radius 2 is 2.50 bits per heavy atom. The minimum absolute atomic E-state index is 0.295. The first-order valence-electron chi connectivity index (χ1n) is 5.45. The van der Waals surface area contributed by atoms with Crippen molar-refractivity contribution >= 4 is 11.8 Å². The van der Waals surface area contributed by atoms with E-state index in [0.717, 1.165) is 37.4 Å². The van der Waals surface area contributed by atoms with Gasteiger partial charge in [-0.15, -0.1) is 0 Å². The summed E-state index contributed by atoms with van der Waals surface area (Å²) >= 11 is 0. The van der Waals surface area contributed by atoms with E-state index in [4.69, 9.17) is 10.6 Å². The molecule has 1 aliphatic heterocycles. The molecule has 1 unspecified atom stereocenters. The van der Waals surface area contributed by atoms with E-state index < -0.39 is 0 Å². The molecular weight excluding hydrogens is 206 g/mol. The third-order valence-corrected chi connectivity index (χ3v) is 2.62. The molecule has 2 rings (SSSR count). The average Bonchev–Trinajstić information content (AvgIpc) is 2.81. The number of anilines is 2. The van der Waals surface area contributed by atoms with Crippen LogP contribution in [-0.2, 0) is 4.74 Å². The molecule has 88 valence electrons. The number of hydrogen-bond acceptors (Lipinski definition) is 6. The van der Waals surface area contributed by atoms with Gasteiger partial charge in [-0.25, -0.2) is 10.8 Å². The molecule has 1 aromatic rings. The molecule has 0 saturated carbocycles. The van der Waals surface area contributed by atoms with Crippen LogP contribution in [-0.4, -0.2) is 29.2 Å². The van der Waals surface area contributed by atoms with E-state index in [2.05, 4.69) is 20.7 Å². The van der Waals surface area contributed by atoms with Gasteiger partial charge in [0, 0.05) is 24.9 Å². The molecule has 16 heavy (non-hydrogen) atoms. The standard InChI is InChI=1S/C10H17N5O/c1-7-5-13-10(15-11)14-9(7)12-6-8-3-2-4-16-8/h5,8H,2-4,6,11H2,1H3,(H2,12,13,14,15). The van der Waals surface area contributed by atoms with Crippen molar-refractivity contribution in [2.75, 3.05) is 23.9 Å². The highest BCUT2D eigenvalue weighted by Gasteiger charge is 2.15. The van der Waals surface area contributed by atoms with Crippen LogP contribution in [0.5, 0.6) is 0 Å². The minimum Gasteiger partial charge on any atom is -0.376 e. The van der Waals surface area contributed by atoms with Crippen molar-refractivity contribution in [2.45, 2.75) is 25.9 Å². The van der Waals surface area contributed by atoms with Crippen LogP contribution < -0.4 is 16.6 Å². The Morgan fingerprint density at radius 3 is 3.19 bits per heavy atom. The number of aromatic nitrogens is 2. The van der Waals surface area contributed by atoms with Crippen LogP contribution in [0.4, 0.5) is 11.8 Å². The fourth-order valence-electron chi connectivity index (χ4n) is 1.71. The lowest BCUT2D eigenvalue weighted by atomic mass is 10.2. The third-order valence-electron chi connectivity index (χ3n) is 2.62. The zero-order valence-corrected chi connectivity index (χ0v) is 9.36. The number of ether oxygens (including phenoxy) is 1. The van der Waals surface area contributed by atoms with Crippen molar-refractivity contribution in [3.8, 4) is 0 Å². The van der Waals surface area contributed by atoms with E-state index in [0.29, 0.717) is 12.1 Å². The summed E-state index contributed by atoms with van der Waals surface area (Å²) in [5.74, 6) is 6.48. The van der Waals surface area contributed by atoms with Crippen molar-refractivity contribution in [1.82, 2.24) is 9.97 Å². The zero-order chi connectivity index (χ0) is 11.4. The molecule has 0 aliphatic carbocycles. The highest BCUT2D eigenvalue weighted by Crippen LogP contribution is 2.15. The Labute approximate surface area is 94.6 Å². The van der Waals surface area contributed by atoms with Gasteiger partial charge in [0.2, 0.25) is 5.95 Å². The van der Waals surface area contributed by atoms with Crippen LogP contribution in [0.2, 0.25) is 0 Å². The van der Waals surface area contributed by atoms with Gasteiger partial charge in [0.15, 0.2) is 0 Å². The predicted octanol–water partition coefficient (Wildman–Crippen LogP) is 0.662. The summed E-state index contributed by atoms with van der Waals surface area (Å²) in [6.45, 7) is 3.60. The molecule has 6 heteroatoms. The van der Waals surface area contributed by atoms with Gasteiger partial charge in [0.25, 0.3) is 0 Å². The van der Waals surface area contributed by atoms with Gasteiger partial charge in [-0.2, -0.15) is 4.98 Å². The monoisotopic (exact) mass is 223 g/mol. The van der Waals surface area contributed by atoms with E-state index in [9.17, 15) is 0 Å². The molecule has 0 aromatic carbocycles. The normalized spacial score (nSPS) is 19.8. The zero-order valence-electron chi connectivity index (χ0n) is 9.36. The summed E-state index contributed by atoms with van der Waals surface area (Å²) in [6.07, 6.45) is 4.28. The number of hydrazine groups is 1. The lowest BCUT2D eigenvalue weighted by Crippen LogP contribution is -2.20. The van der Waals surface area contributed by atoms with E-state index >= 15 is 0 Å². The first-order chi connectivity index (χ1) is 7.79. The molecule has 1 aromatic heterocycles. The second kappa shape index (κ2) is 5.09. The number of nitrogens with zero attached hydrogens (tertiary/aromatic N) is 2. The lowest BCUT2D eigenvalue weighted by molar-refractivity contribution is 0.120. The summed E-state index contributed by atoms with van der Waals surface area (Å²) in [5.41, 5.74) is 3.43. The van der Waals surface area contributed by atoms with E-state index in [-0.39, 0.29) is 0 Å². The van der Waals surface area contributed by atoms with Crippen molar-refractivity contribution in [3.63, 3.8) is 0 Å². The van der Waals surface area contributed by atoms with Crippen molar-refractivity contribution in [1.29, 1.82) is 0 Å². The molecule has 1 atom stereocenters. The van der Waals surface area contributed by atoms with Gasteiger partial charge in [-0.05, 0) is 19.8 Å². The number of nitrogens with one attached hydrogen (secondary N) is 2. The summed E-state index contributed by atoms with van der Waals surface area (Å²) in [6, 6.07) is 0. The highest BCUT2D eigenvalue weighted by molar-refractivity contribution is 5.46. The third kappa shape index (κ3) is 2.59. The summed E-state index contributed by atoms with van der Waals surface area (Å²) in [7, 11) is 0. The Balaban J connectivity index is 1.96. The maximum absolute atomic E-state index is 5.52. The maximum atomic E-state index is 5.52. The first kappa shape index (κ1) is 11.1. The number of aryl methyl sites for hydroxylation is 1. The number of hydrogen-bond donors (Lipinski definition) is 3. The van der Waals surface area contributed by atoms with Gasteiger partial charge in [0.05, 0.1) is 6.10 Å². The molecule has 4 N–H and O–H groups in total. The number of nitrogens with two attached hydrogens (primary N) is 1. The second-order valence-electron chi connectivity index (χ2n) is 3.89. The van der Waals surface area contributed by atoms with Gasteiger partial charge < -0.3 is 10.1 Å². The molecular formula is C10H17N5O. The fourth-order valence-corrected chi connectivity index (χ4v) is 1.71. The van der Waals surface area contributed by atoms with Gasteiger partial charge in [0.1, 0.15) is 5.82 Å². The Bertz CT molecular complexity index is 351. The predicted molar refractivity (Wildman–Crippen MR) is 62.0 cm³/mol. The summed E-state index contributed by atoms with van der Waals surface area (Å²) < 4.78 is 5.52. The minimum atomic E-state index is 0.295. The van der Waals surface area contributed by atoms with Crippen LogP contribution in [0.3, 0.4) is 0 Å². The maximum Gasteiger partial charge on any atom is 0.239 e. The van der Waals surface area contributed by atoms with Crippen LogP contribution in [0.15, 0.2) is 6.20 Å². The molecule has 0 amide bonds. The SMILES string of the molecule is Cc1cnc(NN)nc1NCC1CCCO1. The Morgan fingerprint density at radius 1 is 1.62 bits per heavy atom. The average molecular weight is 223 g/mol. The quantitative estimate of drug-likeness (QED) is 0.513. The van der Waals surface area contributed by atoms with E-state index in [1.54, 1.807) is 6.20 Å². The smallest absolute Gasteiger partial charge is 0.239 e. The van der Waals surface area contributed by atoms with Gasteiger partial charge in [-0.3, -0.25) is 5.43 Å². The number of rotatable bonds is 4. The summed E-state index contributed by atoms with van der Waals surface area (Å²) in [5, 5.41) is 3.26. The van der Waals surface area contributed by atoms with Crippen molar-refractivity contribution in [2.24, 2.45) is 5.84 Å².